The first-order valence-electron chi connectivity index (χ1n) is 3.12. The lowest BCUT2D eigenvalue weighted by Gasteiger charge is -2.08. The van der Waals surface area contributed by atoms with E-state index in [1.165, 1.54) is 6.92 Å². The van der Waals surface area contributed by atoms with Gasteiger partial charge >= 0.3 is 5.92 Å². The lowest BCUT2D eigenvalue weighted by atomic mass is 10.2. The Morgan fingerprint density at radius 2 is 2.27 bits per heavy atom. The second-order valence-corrected chi connectivity index (χ2v) is 2.10. The van der Waals surface area contributed by atoms with E-state index >= 15 is 0 Å². The van der Waals surface area contributed by atoms with Crippen LogP contribution in [0.15, 0.2) is 0 Å². The van der Waals surface area contributed by atoms with Crippen LogP contribution in [0.4, 0.5) is 14.7 Å². The van der Waals surface area contributed by atoms with E-state index in [1.807, 2.05) is 0 Å². The van der Waals surface area contributed by atoms with Crippen LogP contribution < -0.4 is 5.73 Å². The minimum absolute atomic E-state index is 0.159. The van der Waals surface area contributed by atoms with Crippen LogP contribution in [0.25, 0.3) is 0 Å². The summed E-state index contributed by atoms with van der Waals surface area (Å²) in [6.07, 6.45) is -0.318. The SMILES string of the molecule is CCC(F)(F)c1nc(N)n[nH]1. The molecule has 1 aromatic rings. The Hall–Kier alpha value is -1.20. The number of aromatic nitrogens is 3. The number of nitrogens with one attached hydrogen (secondary N) is 1. The van der Waals surface area contributed by atoms with Crippen LogP contribution in [0.5, 0.6) is 0 Å². The zero-order valence-corrected chi connectivity index (χ0v) is 5.93. The van der Waals surface area contributed by atoms with Gasteiger partial charge in [0.2, 0.25) is 5.95 Å². The van der Waals surface area contributed by atoms with Gasteiger partial charge in [-0.25, -0.2) is 0 Å². The van der Waals surface area contributed by atoms with Crippen molar-refractivity contribution in [2.75, 3.05) is 5.73 Å². The monoisotopic (exact) mass is 162 g/mol. The van der Waals surface area contributed by atoms with Crippen LogP contribution in [-0.4, -0.2) is 15.2 Å². The van der Waals surface area contributed by atoms with Gasteiger partial charge in [0.1, 0.15) is 0 Å². The van der Waals surface area contributed by atoms with E-state index in [4.69, 9.17) is 5.73 Å². The molecule has 0 unspecified atom stereocenters. The molecule has 0 spiro atoms. The van der Waals surface area contributed by atoms with E-state index in [9.17, 15) is 8.78 Å². The third-order valence-corrected chi connectivity index (χ3v) is 1.29. The number of hydrogen-bond donors (Lipinski definition) is 2. The van der Waals surface area contributed by atoms with Crippen LogP contribution in [0, 0.1) is 0 Å². The Kier molecular flexibility index (Phi) is 1.76. The molecule has 0 amide bonds. The van der Waals surface area contributed by atoms with Crippen LogP contribution in [0.1, 0.15) is 19.2 Å². The molecule has 62 valence electrons. The average molecular weight is 162 g/mol. The van der Waals surface area contributed by atoms with Gasteiger partial charge in [-0.3, -0.25) is 5.10 Å². The molecule has 0 aromatic carbocycles. The van der Waals surface area contributed by atoms with Crippen LogP contribution >= 0.6 is 0 Å². The molecule has 3 N–H and O–H groups in total. The van der Waals surface area contributed by atoms with Gasteiger partial charge in [-0.1, -0.05) is 6.92 Å². The molecule has 0 aliphatic heterocycles. The molecule has 0 aliphatic carbocycles. The predicted octanol–water partition coefficient (Wildman–Crippen LogP) is 0.889. The zero-order chi connectivity index (χ0) is 8.48. The minimum Gasteiger partial charge on any atom is -0.367 e. The van der Waals surface area contributed by atoms with Crippen molar-refractivity contribution in [1.82, 2.24) is 15.2 Å². The van der Waals surface area contributed by atoms with Gasteiger partial charge in [0.05, 0.1) is 0 Å². The topological polar surface area (TPSA) is 67.6 Å². The molecule has 0 fully saturated rings. The lowest BCUT2D eigenvalue weighted by Crippen LogP contribution is -2.13. The number of alkyl halides is 2. The Morgan fingerprint density at radius 1 is 1.64 bits per heavy atom. The molecule has 0 bridgehead atoms. The normalized spacial score (nSPS) is 11.9. The van der Waals surface area contributed by atoms with Crippen molar-refractivity contribution in [3.63, 3.8) is 0 Å². The van der Waals surface area contributed by atoms with Crippen molar-refractivity contribution in [1.29, 1.82) is 0 Å². The van der Waals surface area contributed by atoms with E-state index in [-0.39, 0.29) is 12.4 Å². The van der Waals surface area contributed by atoms with Gasteiger partial charge in [0.25, 0.3) is 0 Å². The van der Waals surface area contributed by atoms with Gasteiger partial charge < -0.3 is 5.73 Å². The molecule has 0 aliphatic rings. The van der Waals surface area contributed by atoms with Crippen molar-refractivity contribution < 1.29 is 8.78 Å². The molecule has 0 saturated carbocycles. The molecule has 4 nitrogen and oxygen atoms in total. The highest BCUT2D eigenvalue weighted by Crippen LogP contribution is 2.27. The second-order valence-electron chi connectivity index (χ2n) is 2.10. The summed E-state index contributed by atoms with van der Waals surface area (Å²) < 4.78 is 25.4. The highest BCUT2D eigenvalue weighted by Gasteiger charge is 2.32. The molecule has 0 radical (unpaired) electrons. The maximum absolute atomic E-state index is 12.7. The van der Waals surface area contributed by atoms with E-state index < -0.39 is 11.7 Å². The van der Waals surface area contributed by atoms with Crippen molar-refractivity contribution in [3.8, 4) is 0 Å². The van der Waals surface area contributed by atoms with E-state index in [0.717, 1.165) is 0 Å². The van der Waals surface area contributed by atoms with Gasteiger partial charge in [-0.15, -0.1) is 5.10 Å². The van der Waals surface area contributed by atoms with E-state index in [2.05, 4.69) is 15.2 Å². The average Bonchev–Trinajstić information content (AvgIpc) is 2.36. The summed E-state index contributed by atoms with van der Waals surface area (Å²) in [5.41, 5.74) is 5.04. The Labute approximate surface area is 61.8 Å². The first kappa shape index (κ1) is 7.90. The number of hydrogen-bond acceptors (Lipinski definition) is 3. The van der Waals surface area contributed by atoms with Crippen molar-refractivity contribution in [2.24, 2.45) is 0 Å². The van der Waals surface area contributed by atoms with Crippen LogP contribution in [0.3, 0.4) is 0 Å². The fraction of sp³-hybridized carbons (Fsp3) is 0.600. The van der Waals surface area contributed by atoms with E-state index in [1.54, 1.807) is 0 Å². The Balaban J connectivity index is 2.92. The molecule has 1 rings (SSSR count). The number of nitrogens with zero attached hydrogens (tertiary/aromatic N) is 2. The molecule has 11 heavy (non-hydrogen) atoms. The predicted molar refractivity (Wildman–Crippen MR) is 35.0 cm³/mol. The number of H-pyrrole nitrogens is 1. The van der Waals surface area contributed by atoms with Crippen molar-refractivity contribution in [3.05, 3.63) is 5.82 Å². The highest BCUT2D eigenvalue weighted by molar-refractivity contribution is 5.14. The fourth-order valence-electron chi connectivity index (χ4n) is 0.606. The summed E-state index contributed by atoms with van der Waals surface area (Å²) in [5, 5.41) is 5.35. The highest BCUT2D eigenvalue weighted by atomic mass is 19.3. The standard InChI is InChI=1S/C5H8F2N4/c1-2-5(6,7)3-9-4(8)11-10-3/h2H2,1H3,(H3,8,9,10,11). The number of nitrogens with two attached hydrogens (primary N) is 1. The number of anilines is 1. The smallest absolute Gasteiger partial charge is 0.305 e. The lowest BCUT2D eigenvalue weighted by molar-refractivity contribution is -0.0171. The molecule has 0 atom stereocenters. The molecule has 0 saturated heterocycles. The zero-order valence-electron chi connectivity index (χ0n) is 5.93. The van der Waals surface area contributed by atoms with Crippen LogP contribution in [-0.2, 0) is 5.92 Å². The fourth-order valence-corrected chi connectivity index (χ4v) is 0.606. The number of nitrogen functional groups attached to an aromatic ring is 1. The second kappa shape index (κ2) is 2.44. The number of aromatic amines is 1. The first-order chi connectivity index (χ1) is 5.06. The van der Waals surface area contributed by atoms with Crippen molar-refractivity contribution >= 4 is 5.95 Å². The van der Waals surface area contributed by atoms with Crippen LogP contribution in [0.2, 0.25) is 0 Å². The summed E-state index contributed by atoms with van der Waals surface area (Å²) in [5.74, 6) is -3.59. The summed E-state index contributed by atoms with van der Waals surface area (Å²) in [7, 11) is 0. The van der Waals surface area contributed by atoms with Crippen molar-refractivity contribution in [2.45, 2.75) is 19.3 Å². The quantitative estimate of drug-likeness (QED) is 0.678. The summed E-state index contributed by atoms with van der Waals surface area (Å²) in [4.78, 5) is 3.31. The third-order valence-electron chi connectivity index (χ3n) is 1.29. The largest absolute Gasteiger partial charge is 0.367 e. The van der Waals surface area contributed by atoms with Gasteiger partial charge in [-0.05, 0) is 0 Å². The molecule has 1 heterocycles. The first-order valence-corrected chi connectivity index (χ1v) is 3.12. The maximum atomic E-state index is 12.7. The third kappa shape index (κ3) is 1.44. The molecule has 1 aromatic heterocycles. The number of rotatable bonds is 2. The molecular formula is C5H8F2N4. The maximum Gasteiger partial charge on any atom is 0.305 e. The minimum atomic E-state index is -2.95. The number of halogens is 2. The molecule has 6 heteroatoms. The molecular weight excluding hydrogens is 154 g/mol. The van der Waals surface area contributed by atoms with Gasteiger partial charge in [-0.2, -0.15) is 13.8 Å². The summed E-state index contributed by atoms with van der Waals surface area (Å²) in [6.45, 7) is 1.36. The summed E-state index contributed by atoms with van der Waals surface area (Å²) >= 11 is 0. The Morgan fingerprint density at radius 3 is 2.64 bits per heavy atom. The van der Waals surface area contributed by atoms with E-state index in [0.29, 0.717) is 0 Å². The van der Waals surface area contributed by atoms with Gasteiger partial charge in [0.15, 0.2) is 5.82 Å². The van der Waals surface area contributed by atoms with Gasteiger partial charge in [0, 0.05) is 6.42 Å². The Bertz CT molecular complexity index is 244. The summed E-state index contributed by atoms with van der Waals surface area (Å²) in [6, 6.07) is 0.